The zero-order valence-corrected chi connectivity index (χ0v) is 15.7. The molecule has 2 heterocycles. The predicted molar refractivity (Wildman–Crippen MR) is 102 cm³/mol. The van der Waals surface area contributed by atoms with Gasteiger partial charge < -0.3 is 14.8 Å². The van der Waals surface area contributed by atoms with Crippen molar-refractivity contribution in [1.29, 1.82) is 0 Å². The largest absolute Gasteiger partial charge is 0.493 e. The van der Waals surface area contributed by atoms with Gasteiger partial charge in [0.25, 0.3) is 5.56 Å². The SMILES string of the molecule is COc1cccc(C2CC(=O)Nc3c2c(=O)[nH]n3C2CCCCC2)c1OC. The van der Waals surface area contributed by atoms with Gasteiger partial charge in [-0.2, -0.15) is 0 Å². The first-order chi connectivity index (χ1) is 13.1. The molecule has 27 heavy (non-hydrogen) atoms. The number of anilines is 1. The second-order valence-corrected chi connectivity index (χ2v) is 7.25. The number of amides is 1. The molecule has 2 aromatic rings. The van der Waals surface area contributed by atoms with E-state index in [1.807, 2.05) is 22.9 Å². The van der Waals surface area contributed by atoms with Crippen molar-refractivity contribution in [2.24, 2.45) is 0 Å². The molecule has 7 heteroatoms. The first-order valence-corrected chi connectivity index (χ1v) is 9.49. The van der Waals surface area contributed by atoms with Crippen molar-refractivity contribution in [3.8, 4) is 11.5 Å². The summed E-state index contributed by atoms with van der Waals surface area (Å²) in [6.45, 7) is 0. The van der Waals surface area contributed by atoms with Crippen molar-refractivity contribution in [3.05, 3.63) is 39.7 Å². The topological polar surface area (TPSA) is 85.4 Å². The summed E-state index contributed by atoms with van der Waals surface area (Å²) < 4.78 is 12.8. The van der Waals surface area contributed by atoms with Crippen LogP contribution in [0.3, 0.4) is 0 Å². The number of methoxy groups -OCH3 is 2. The molecule has 1 atom stereocenters. The molecule has 0 spiro atoms. The number of nitrogens with zero attached hydrogens (tertiary/aromatic N) is 1. The van der Waals surface area contributed by atoms with Gasteiger partial charge in [-0.3, -0.25) is 19.4 Å². The minimum absolute atomic E-state index is 0.0964. The minimum Gasteiger partial charge on any atom is -0.493 e. The van der Waals surface area contributed by atoms with Crippen LogP contribution in [0.15, 0.2) is 23.0 Å². The summed E-state index contributed by atoms with van der Waals surface area (Å²) in [5, 5.41) is 5.92. The van der Waals surface area contributed by atoms with Crippen molar-refractivity contribution in [1.82, 2.24) is 9.78 Å². The molecule has 7 nitrogen and oxygen atoms in total. The van der Waals surface area contributed by atoms with E-state index in [0.29, 0.717) is 22.9 Å². The Kier molecular flexibility index (Phi) is 4.68. The minimum atomic E-state index is -0.368. The number of rotatable bonds is 4. The lowest BCUT2D eigenvalue weighted by Gasteiger charge is -2.28. The summed E-state index contributed by atoms with van der Waals surface area (Å²) in [7, 11) is 3.15. The molecule has 1 aromatic carbocycles. The maximum Gasteiger partial charge on any atom is 0.270 e. The van der Waals surface area contributed by atoms with E-state index < -0.39 is 0 Å². The van der Waals surface area contributed by atoms with Crippen LogP contribution >= 0.6 is 0 Å². The normalized spacial score (nSPS) is 20.1. The molecule has 1 amide bonds. The fraction of sp³-hybridized carbons (Fsp3) is 0.500. The van der Waals surface area contributed by atoms with Crippen LogP contribution < -0.4 is 20.3 Å². The van der Waals surface area contributed by atoms with Gasteiger partial charge in [-0.1, -0.05) is 31.4 Å². The highest BCUT2D eigenvalue weighted by molar-refractivity contribution is 5.94. The lowest BCUT2D eigenvalue weighted by Crippen LogP contribution is -2.28. The van der Waals surface area contributed by atoms with Gasteiger partial charge in [0.15, 0.2) is 11.5 Å². The summed E-state index contributed by atoms with van der Waals surface area (Å²) in [5.41, 5.74) is 1.25. The Hall–Kier alpha value is -2.70. The van der Waals surface area contributed by atoms with Gasteiger partial charge in [0.2, 0.25) is 5.91 Å². The predicted octanol–water partition coefficient (Wildman–Crippen LogP) is 3.17. The van der Waals surface area contributed by atoms with Gasteiger partial charge in [-0.05, 0) is 18.9 Å². The third-order valence-electron chi connectivity index (χ3n) is 5.71. The van der Waals surface area contributed by atoms with Crippen LogP contribution in [0.2, 0.25) is 0 Å². The smallest absolute Gasteiger partial charge is 0.270 e. The third kappa shape index (κ3) is 3.01. The van der Waals surface area contributed by atoms with E-state index in [2.05, 4.69) is 10.4 Å². The number of benzene rings is 1. The van der Waals surface area contributed by atoms with Crippen molar-refractivity contribution in [3.63, 3.8) is 0 Å². The Morgan fingerprint density at radius 1 is 1.07 bits per heavy atom. The monoisotopic (exact) mass is 371 g/mol. The molecule has 1 saturated carbocycles. The summed E-state index contributed by atoms with van der Waals surface area (Å²) in [6, 6.07) is 5.78. The summed E-state index contributed by atoms with van der Waals surface area (Å²) in [4.78, 5) is 25.4. The van der Waals surface area contributed by atoms with Crippen LogP contribution in [0.5, 0.6) is 11.5 Å². The average Bonchev–Trinajstić information content (AvgIpc) is 3.03. The van der Waals surface area contributed by atoms with Crippen LogP contribution in [0.1, 0.15) is 61.6 Å². The number of ether oxygens (including phenoxy) is 2. The average molecular weight is 371 g/mol. The molecule has 1 aliphatic carbocycles. The maximum absolute atomic E-state index is 12.9. The number of H-pyrrole nitrogens is 1. The zero-order chi connectivity index (χ0) is 19.0. The molecule has 0 bridgehead atoms. The van der Waals surface area contributed by atoms with Crippen LogP contribution in [0.4, 0.5) is 5.82 Å². The number of nitrogens with one attached hydrogen (secondary N) is 2. The molecular weight excluding hydrogens is 346 g/mol. The van der Waals surface area contributed by atoms with Crippen molar-refractivity contribution in [2.45, 2.75) is 50.5 Å². The Morgan fingerprint density at radius 2 is 1.85 bits per heavy atom. The first kappa shape index (κ1) is 17.7. The van der Waals surface area contributed by atoms with Gasteiger partial charge in [-0.25, -0.2) is 0 Å². The molecular formula is C20H25N3O4. The second kappa shape index (κ2) is 7.13. The van der Waals surface area contributed by atoms with E-state index in [-0.39, 0.29) is 29.8 Å². The fourth-order valence-corrected chi connectivity index (χ4v) is 4.45. The van der Waals surface area contributed by atoms with Gasteiger partial charge >= 0.3 is 0 Å². The highest BCUT2D eigenvalue weighted by atomic mass is 16.5. The van der Waals surface area contributed by atoms with Gasteiger partial charge in [0.1, 0.15) is 5.82 Å². The van der Waals surface area contributed by atoms with Crippen molar-refractivity contribution in [2.75, 3.05) is 19.5 Å². The van der Waals surface area contributed by atoms with Crippen LogP contribution in [-0.4, -0.2) is 29.9 Å². The molecule has 2 N–H and O–H groups in total. The number of carbonyl (C=O) groups excluding carboxylic acids is 1. The van der Waals surface area contributed by atoms with E-state index in [1.165, 1.54) is 6.42 Å². The van der Waals surface area contributed by atoms with E-state index >= 15 is 0 Å². The molecule has 1 aliphatic heterocycles. The Morgan fingerprint density at radius 3 is 2.56 bits per heavy atom. The Bertz CT molecular complexity index is 908. The zero-order valence-electron chi connectivity index (χ0n) is 15.7. The molecule has 1 unspecified atom stereocenters. The highest BCUT2D eigenvalue weighted by Crippen LogP contribution is 2.43. The van der Waals surface area contributed by atoms with Crippen LogP contribution in [-0.2, 0) is 4.79 Å². The molecule has 4 rings (SSSR count). The second-order valence-electron chi connectivity index (χ2n) is 7.25. The Labute approximate surface area is 157 Å². The molecule has 2 aliphatic rings. The number of aromatic nitrogens is 2. The van der Waals surface area contributed by atoms with Crippen molar-refractivity contribution < 1.29 is 14.3 Å². The standard InChI is InChI=1S/C20H25N3O4/c1-26-15-10-6-9-13(18(15)27-2)14-11-16(24)21-19-17(14)20(25)22-23(19)12-7-4-3-5-8-12/h6,9-10,12,14H,3-5,7-8,11H2,1-2H3,(H,21,24)(H,22,25). The van der Waals surface area contributed by atoms with Crippen molar-refractivity contribution >= 4 is 11.7 Å². The van der Waals surface area contributed by atoms with E-state index in [4.69, 9.17) is 9.47 Å². The number of hydrogen-bond acceptors (Lipinski definition) is 4. The van der Waals surface area contributed by atoms with Crippen LogP contribution in [0, 0.1) is 0 Å². The van der Waals surface area contributed by atoms with Gasteiger partial charge in [0.05, 0.1) is 25.8 Å². The molecule has 144 valence electrons. The van der Waals surface area contributed by atoms with Gasteiger partial charge in [-0.15, -0.1) is 0 Å². The number of carbonyl (C=O) groups is 1. The Balaban J connectivity index is 1.84. The number of hydrogen-bond donors (Lipinski definition) is 2. The summed E-state index contributed by atoms with van der Waals surface area (Å²) in [6.07, 6.45) is 5.73. The van der Waals surface area contributed by atoms with E-state index in [1.54, 1.807) is 14.2 Å². The maximum atomic E-state index is 12.9. The van der Waals surface area contributed by atoms with E-state index in [0.717, 1.165) is 31.2 Å². The number of aromatic amines is 1. The third-order valence-corrected chi connectivity index (χ3v) is 5.71. The van der Waals surface area contributed by atoms with E-state index in [9.17, 15) is 9.59 Å². The highest BCUT2D eigenvalue weighted by Gasteiger charge is 2.36. The molecule has 0 saturated heterocycles. The number of fused-ring (bicyclic) bond motifs is 1. The molecule has 1 fully saturated rings. The summed E-state index contributed by atoms with van der Waals surface area (Å²) >= 11 is 0. The molecule has 0 radical (unpaired) electrons. The first-order valence-electron chi connectivity index (χ1n) is 9.49. The number of para-hydroxylation sites is 1. The van der Waals surface area contributed by atoms with Crippen LogP contribution in [0.25, 0.3) is 0 Å². The quantitative estimate of drug-likeness (QED) is 0.864. The molecule has 1 aromatic heterocycles. The fourth-order valence-electron chi connectivity index (χ4n) is 4.45. The lowest BCUT2D eigenvalue weighted by molar-refractivity contribution is -0.116. The lowest BCUT2D eigenvalue weighted by atomic mass is 9.86. The summed E-state index contributed by atoms with van der Waals surface area (Å²) in [5.74, 6) is 1.30. The van der Waals surface area contributed by atoms with Gasteiger partial charge in [0, 0.05) is 17.9 Å².